The minimum atomic E-state index is -4.39. The minimum absolute atomic E-state index is 0.0274. The molecule has 1 saturated heterocycles. The molecule has 0 N–H and O–H groups in total. The standard InChI is InChI=1S/C21H24ClF2N3O/c1-2-15-13-25-19(26-14-15)4-3-7-21(24)8-10-27(11-9-21)20(28)16-5-6-18(23)17(22)12-16/h5-6,12-14H,2-4,7-11H2,1H3/i2D2,4D2,7D2,8D2,9D2,10D2. The lowest BCUT2D eigenvalue weighted by molar-refractivity contribution is 0.0389. The van der Waals surface area contributed by atoms with Crippen LogP contribution in [0.2, 0.25) is 5.02 Å². The normalized spacial score (nSPS) is 32.9. The van der Waals surface area contributed by atoms with Crippen molar-refractivity contribution in [3.8, 4) is 0 Å². The Kier molecular flexibility index (Phi) is 3.23. The number of alkyl halides is 1. The molecule has 150 valence electrons. The molecule has 0 saturated carbocycles. The fourth-order valence-electron chi connectivity index (χ4n) is 2.22. The Labute approximate surface area is 185 Å². The summed E-state index contributed by atoms with van der Waals surface area (Å²) in [7, 11) is 0. The van der Waals surface area contributed by atoms with Crippen molar-refractivity contribution in [3.63, 3.8) is 0 Å². The number of nitrogens with zero attached hydrogens (tertiary/aromatic N) is 3. The number of likely N-dealkylation sites (tertiary alicyclic amines) is 1. The number of hydrogen-bond donors (Lipinski definition) is 0. The molecule has 0 radical (unpaired) electrons. The smallest absolute Gasteiger partial charge is 0.253 e. The molecule has 4 nitrogen and oxygen atoms in total. The van der Waals surface area contributed by atoms with Gasteiger partial charge in [-0.1, -0.05) is 18.5 Å². The average molecular weight is 420 g/mol. The SMILES string of the molecule is [2H]C([2H])(C)c1cnc(C([2H])([2H])CC([2H])([2H])C2(F)C([2H])([2H])CN(C(=O)c3ccc(F)c(Cl)c3)C([2H])([2H])C2([2H])[2H])nc1. The van der Waals surface area contributed by atoms with Crippen LogP contribution in [0.3, 0.4) is 0 Å². The number of amides is 1. The highest BCUT2D eigenvalue weighted by molar-refractivity contribution is 6.31. The molecule has 1 fully saturated rings. The maximum Gasteiger partial charge on any atom is 0.253 e. The van der Waals surface area contributed by atoms with Crippen LogP contribution in [0.1, 0.15) is 70.7 Å². The van der Waals surface area contributed by atoms with Crippen molar-refractivity contribution in [3.05, 3.63) is 58.4 Å². The minimum Gasteiger partial charge on any atom is -0.338 e. The number of carbonyl (C=O) groups is 1. The molecule has 1 aliphatic rings. The quantitative estimate of drug-likeness (QED) is 0.675. The summed E-state index contributed by atoms with van der Waals surface area (Å²) in [5, 5.41) is -0.543. The van der Waals surface area contributed by atoms with Crippen molar-refractivity contribution in [1.29, 1.82) is 0 Å². The lowest BCUT2D eigenvalue weighted by Gasteiger charge is -2.36. The number of rotatable bonds is 6. The van der Waals surface area contributed by atoms with E-state index in [1.807, 2.05) is 0 Å². The Morgan fingerprint density at radius 3 is 2.82 bits per heavy atom. The topological polar surface area (TPSA) is 46.1 Å². The number of piperidine rings is 1. The van der Waals surface area contributed by atoms with E-state index in [1.165, 1.54) is 6.92 Å². The average Bonchev–Trinajstić information content (AvgIpc) is 2.81. The number of hydrogen-bond acceptors (Lipinski definition) is 3. The van der Waals surface area contributed by atoms with Crippen LogP contribution in [0.25, 0.3) is 0 Å². The van der Waals surface area contributed by atoms with Crippen molar-refractivity contribution in [2.24, 2.45) is 0 Å². The Balaban J connectivity index is 2.05. The number of aryl methyl sites for hydroxylation is 2. The first kappa shape index (κ1) is 10.1. The summed E-state index contributed by atoms with van der Waals surface area (Å²) >= 11 is 5.67. The van der Waals surface area contributed by atoms with Gasteiger partial charge in [-0.15, -0.1) is 0 Å². The van der Waals surface area contributed by atoms with Gasteiger partial charge in [0.15, 0.2) is 0 Å². The maximum atomic E-state index is 16.8. The number of halogens is 3. The van der Waals surface area contributed by atoms with Gasteiger partial charge < -0.3 is 4.90 Å². The second-order valence-electron chi connectivity index (χ2n) is 5.67. The highest BCUT2D eigenvalue weighted by atomic mass is 35.5. The molecule has 2 aromatic rings. The number of carbonyl (C=O) groups excluding carboxylic acids is 1. The first-order valence-corrected chi connectivity index (χ1v) is 8.50. The third-order valence-electron chi connectivity index (χ3n) is 3.77. The van der Waals surface area contributed by atoms with Gasteiger partial charge in [0, 0.05) is 53.8 Å². The molecule has 28 heavy (non-hydrogen) atoms. The van der Waals surface area contributed by atoms with E-state index in [-0.39, 0.29) is 10.5 Å². The van der Waals surface area contributed by atoms with E-state index in [4.69, 9.17) is 28.1 Å². The van der Waals surface area contributed by atoms with Crippen LogP contribution in [0.15, 0.2) is 30.6 Å². The molecule has 0 bridgehead atoms. The van der Waals surface area contributed by atoms with Gasteiger partial charge in [0.2, 0.25) is 0 Å². The predicted octanol–water partition coefficient (Wildman–Crippen LogP) is 4.80. The highest BCUT2D eigenvalue weighted by Crippen LogP contribution is 2.32. The van der Waals surface area contributed by atoms with Gasteiger partial charge in [0.25, 0.3) is 5.91 Å². The zero-order chi connectivity index (χ0) is 30.9. The van der Waals surface area contributed by atoms with E-state index in [0.29, 0.717) is 0 Å². The maximum absolute atomic E-state index is 16.8. The lowest BCUT2D eigenvalue weighted by Crippen LogP contribution is -2.44. The fourth-order valence-corrected chi connectivity index (χ4v) is 2.40. The molecule has 7 heteroatoms. The molecular formula is C21H24ClF2N3O. The molecule has 1 unspecified atom stereocenters. The summed E-state index contributed by atoms with van der Waals surface area (Å²) in [6.45, 7) is -4.01. The third kappa shape index (κ3) is 5.04. The Bertz CT molecular complexity index is 1310. The molecule has 3 rings (SSSR count). The predicted molar refractivity (Wildman–Crippen MR) is 105 cm³/mol. The fraction of sp³-hybridized carbons (Fsp3) is 0.476. The summed E-state index contributed by atoms with van der Waals surface area (Å²) < 4.78 is 129. The van der Waals surface area contributed by atoms with Crippen molar-refractivity contribution < 1.29 is 30.0 Å². The highest BCUT2D eigenvalue weighted by Gasteiger charge is 2.35. The van der Waals surface area contributed by atoms with E-state index < -0.39 is 85.1 Å². The summed E-state index contributed by atoms with van der Waals surface area (Å²) in [6.07, 6.45) is -16.1. The third-order valence-corrected chi connectivity index (χ3v) is 4.06. The molecule has 0 aliphatic carbocycles. The van der Waals surface area contributed by atoms with Crippen molar-refractivity contribution in [2.45, 2.75) is 50.9 Å². The van der Waals surface area contributed by atoms with Crippen molar-refractivity contribution >= 4 is 17.5 Å². The van der Waals surface area contributed by atoms with E-state index in [9.17, 15) is 9.18 Å². The number of benzene rings is 1. The van der Waals surface area contributed by atoms with Gasteiger partial charge in [0.1, 0.15) is 17.3 Å². The molecule has 1 atom stereocenters. The van der Waals surface area contributed by atoms with Crippen LogP contribution in [-0.4, -0.2) is 39.5 Å². The summed E-state index contributed by atoms with van der Waals surface area (Å²) in [5.41, 5.74) is -4.90. The second kappa shape index (κ2) is 8.95. The van der Waals surface area contributed by atoms with E-state index >= 15 is 4.39 Å². The van der Waals surface area contributed by atoms with Crippen LogP contribution in [0, 0.1) is 5.82 Å². The molecule has 1 aromatic carbocycles. The monoisotopic (exact) mass is 419 g/mol. The summed E-state index contributed by atoms with van der Waals surface area (Å²) in [6, 6.07) is 2.44. The van der Waals surface area contributed by atoms with Crippen LogP contribution in [0.5, 0.6) is 0 Å². The number of aromatic nitrogens is 2. The molecule has 1 amide bonds. The van der Waals surface area contributed by atoms with Crippen molar-refractivity contribution in [1.82, 2.24) is 14.9 Å². The summed E-state index contributed by atoms with van der Waals surface area (Å²) in [4.78, 5) is 20.5. The molecule has 1 aromatic heterocycles. The van der Waals surface area contributed by atoms with E-state index in [0.717, 1.165) is 30.6 Å². The van der Waals surface area contributed by atoms with Gasteiger partial charge in [-0.25, -0.2) is 18.7 Å². The summed E-state index contributed by atoms with van der Waals surface area (Å²) in [5.74, 6) is -3.03. The second-order valence-corrected chi connectivity index (χ2v) is 6.08. The van der Waals surface area contributed by atoms with Gasteiger partial charge in [-0.3, -0.25) is 4.79 Å². The lowest BCUT2D eigenvalue weighted by atomic mass is 9.88. The molecule has 2 heterocycles. The van der Waals surface area contributed by atoms with Crippen LogP contribution < -0.4 is 0 Å². The molecular weight excluding hydrogens is 384 g/mol. The van der Waals surface area contributed by atoms with Gasteiger partial charge in [-0.2, -0.15) is 0 Å². The zero-order valence-electron chi connectivity index (χ0n) is 26.7. The zero-order valence-corrected chi connectivity index (χ0v) is 15.4. The van der Waals surface area contributed by atoms with Crippen LogP contribution >= 0.6 is 11.6 Å². The van der Waals surface area contributed by atoms with E-state index in [1.54, 1.807) is 0 Å². The molecule has 0 spiro atoms. The molecule has 1 aliphatic heterocycles. The Morgan fingerprint density at radius 1 is 1.39 bits per heavy atom. The van der Waals surface area contributed by atoms with Gasteiger partial charge in [0.05, 0.1) is 5.02 Å². The largest absolute Gasteiger partial charge is 0.338 e. The van der Waals surface area contributed by atoms with Crippen LogP contribution in [-0.2, 0) is 12.7 Å². The van der Waals surface area contributed by atoms with E-state index in [2.05, 4.69) is 9.97 Å². The van der Waals surface area contributed by atoms with Gasteiger partial charge in [-0.05, 0) is 55.7 Å². The van der Waals surface area contributed by atoms with Crippen molar-refractivity contribution in [2.75, 3.05) is 13.0 Å². The van der Waals surface area contributed by atoms with Crippen LogP contribution in [0.4, 0.5) is 8.78 Å². The Morgan fingerprint density at radius 2 is 2.14 bits per heavy atom. The Hall–Kier alpha value is -2.08. The van der Waals surface area contributed by atoms with Gasteiger partial charge >= 0.3 is 0 Å². The first-order chi connectivity index (χ1) is 17.8. The first-order valence-electron chi connectivity index (χ1n) is 14.1.